The van der Waals surface area contributed by atoms with Crippen molar-refractivity contribution in [2.45, 2.75) is 25.5 Å². The lowest BCUT2D eigenvalue weighted by molar-refractivity contribution is -0.107. The molecule has 0 aromatic heterocycles. The van der Waals surface area contributed by atoms with Crippen LogP contribution in [0.5, 0.6) is 0 Å². The first-order chi connectivity index (χ1) is 5.51. The van der Waals surface area contributed by atoms with Gasteiger partial charge >= 0.3 is 0 Å². The zero-order valence-electron chi connectivity index (χ0n) is 7.42. The minimum absolute atomic E-state index is 0.0342. The van der Waals surface area contributed by atoms with Gasteiger partial charge in [-0.05, 0) is 20.8 Å². The normalized spacial score (nSPS) is 30.8. The van der Waals surface area contributed by atoms with Gasteiger partial charge in [0.1, 0.15) is 5.76 Å². The molecule has 0 fully saturated rings. The van der Waals surface area contributed by atoms with Gasteiger partial charge in [-0.2, -0.15) is 0 Å². The van der Waals surface area contributed by atoms with E-state index in [1.54, 1.807) is 6.92 Å². The maximum absolute atomic E-state index is 11.2. The molecule has 0 bridgehead atoms. The number of hydrogen-bond donors (Lipinski definition) is 1. The van der Waals surface area contributed by atoms with Gasteiger partial charge in [0.2, 0.25) is 5.12 Å². The summed E-state index contributed by atoms with van der Waals surface area (Å²) >= 11 is 1.16. The highest BCUT2D eigenvalue weighted by Gasteiger charge is 2.39. The Labute approximate surface area is 76.4 Å². The van der Waals surface area contributed by atoms with E-state index in [0.29, 0.717) is 5.57 Å². The van der Waals surface area contributed by atoms with E-state index in [2.05, 4.69) is 0 Å². The molecule has 1 aliphatic heterocycles. The van der Waals surface area contributed by atoms with Gasteiger partial charge in [0, 0.05) is 5.57 Å². The third-order valence-electron chi connectivity index (χ3n) is 1.92. The molecule has 0 saturated carbocycles. The predicted octanol–water partition coefficient (Wildman–Crippen LogP) is 2.43. The van der Waals surface area contributed by atoms with E-state index in [0.717, 1.165) is 11.8 Å². The monoisotopic (exact) mass is 184 g/mol. The van der Waals surface area contributed by atoms with Gasteiger partial charge in [0.15, 0.2) is 0 Å². The first-order valence-electron chi connectivity index (χ1n) is 3.79. The van der Waals surface area contributed by atoms with Crippen molar-refractivity contribution in [1.82, 2.24) is 0 Å². The molecule has 1 heterocycles. The van der Waals surface area contributed by atoms with E-state index >= 15 is 0 Å². The maximum Gasteiger partial charge on any atom is 0.219 e. The molecule has 0 radical (unpaired) electrons. The largest absolute Gasteiger partial charge is 0.510 e. The molecule has 3 heteroatoms. The minimum Gasteiger partial charge on any atom is -0.510 e. The first-order valence-corrected chi connectivity index (χ1v) is 4.60. The van der Waals surface area contributed by atoms with Crippen LogP contribution in [0.15, 0.2) is 23.5 Å². The van der Waals surface area contributed by atoms with Gasteiger partial charge < -0.3 is 5.11 Å². The molecule has 2 nitrogen and oxygen atoms in total. The van der Waals surface area contributed by atoms with Crippen molar-refractivity contribution in [3.05, 3.63) is 23.5 Å². The zero-order valence-corrected chi connectivity index (χ0v) is 8.23. The van der Waals surface area contributed by atoms with Crippen LogP contribution >= 0.6 is 11.8 Å². The number of aliphatic hydroxyl groups is 1. The summed E-state index contributed by atoms with van der Waals surface area (Å²) in [4.78, 5) is 11.2. The standard InChI is InChI=1S/C9H12O2S/c1-4-5-9(3)7(10)6(2)8(11)12-9/h4-5,10H,1-3H3/t9-/m1/s1. The maximum atomic E-state index is 11.2. The highest BCUT2D eigenvalue weighted by atomic mass is 32.2. The van der Waals surface area contributed by atoms with Crippen molar-refractivity contribution in [2.24, 2.45) is 0 Å². The van der Waals surface area contributed by atoms with E-state index in [-0.39, 0.29) is 10.9 Å². The third kappa shape index (κ3) is 1.29. The average molecular weight is 184 g/mol. The van der Waals surface area contributed by atoms with E-state index in [9.17, 15) is 9.90 Å². The second-order valence-corrected chi connectivity index (χ2v) is 4.39. The molecular formula is C9H12O2S. The SMILES string of the molecule is CC=C[C@@]1(C)SC(=O)C(C)=C1O. The fourth-order valence-electron chi connectivity index (χ4n) is 1.22. The molecule has 66 valence electrons. The summed E-state index contributed by atoms with van der Waals surface area (Å²) in [5, 5.41) is 9.57. The Morgan fingerprint density at radius 3 is 2.50 bits per heavy atom. The summed E-state index contributed by atoms with van der Waals surface area (Å²) < 4.78 is -0.532. The number of carbonyl (C=O) groups excluding carboxylic acids is 1. The van der Waals surface area contributed by atoms with Gasteiger partial charge in [-0.3, -0.25) is 4.79 Å². The fraction of sp³-hybridized carbons (Fsp3) is 0.444. The number of hydrogen-bond acceptors (Lipinski definition) is 3. The topological polar surface area (TPSA) is 37.3 Å². The number of rotatable bonds is 1. The van der Waals surface area contributed by atoms with Crippen LogP contribution in [0.3, 0.4) is 0 Å². The van der Waals surface area contributed by atoms with Crippen LogP contribution in [0.2, 0.25) is 0 Å². The van der Waals surface area contributed by atoms with E-state index in [1.807, 2.05) is 26.0 Å². The summed E-state index contributed by atoms with van der Waals surface area (Å²) in [7, 11) is 0. The van der Waals surface area contributed by atoms with Crippen LogP contribution in [-0.4, -0.2) is 15.0 Å². The molecule has 0 spiro atoms. The lowest BCUT2D eigenvalue weighted by Crippen LogP contribution is -2.16. The number of thioether (sulfide) groups is 1. The Bertz CT molecular complexity index is 278. The lowest BCUT2D eigenvalue weighted by Gasteiger charge is -2.16. The molecule has 0 amide bonds. The lowest BCUT2D eigenvalue weighted by atomic mass is 10.1. The molecule has 0 unspecified atom stereocenters. The van der Waals surface area contributed by atoms with E-state index in [4.69, 9.17) is 0 Å². The van der Waals surface area contributed by atoms with Crippen molar-refractivity contribution in [1.29, 1.82) is 0 Å². The molecule has 1 rings (SSSR count). The minimum atomic E-state index is -0.532. The average Bonchev–Trinajstić information content (AvgIpc) is 2.17. The van der Waals surface area contributed by atoms with Gasteiger partial charge in [0.25, 0.3) is 0 Å². The van der Waals surface area contributed by atoms with Crippen LogP contribution in [0, 0.1) is 0 Å². The Morgan fingerprint density at radius 2 is 2.17 bits per heavy atom. The summed E-state index contributed by atoms with van der Waals surface area (Å²) in [5.74, 6) is 0.190. The van der Waals surface area contributed by atoms with Crippen LogP contribution in [-0.2, 0) is 4.79 Å². The Balaban J connectivity index is 3.07. The van der Waals surface area contributed by atoms with Crippen LogP contribution in [0.1, 0.15) is 20.8 Å². The number of aliphatic hydroxyl groups excluding tert-OH is 1. The predicted molar refractivity (Wildman–Crippen MR) is 51.1 cm³/mol. The molecule has 1 N–H and O–H groups in total. The van der Waals surface area contributed by atoms with Crippen molar-refractivity contribution in [2.75, 3.05) is 0 Å². The zero-order chi connectivity index (χ0) is 9.35. The van der Waals surface area contributed by atoms with Crippen LogP contribution < -0.4 is 0 Å². The molecule has 0 aromatic rings. The molecule has 1 atom stereocenters. The van der Waals surface area contributed by atoms with Gasteiger partial charge in [-0.1, -0.05) is 23.9 Å². The summed E-state index contributed by atoms with van der Waals surface area (Å²) in [6, 6.07) is 0. The van der Waals surface area contributed by atoms with Gasteiger partial charge in [-0.15, -0.1) is 0 Å². The summed E-state index contributed by atoms with van der Waals surface area (Å²) in [6.07, 6.45) is 3.68. The molecule has 0 aliphatic carbocycles. The number of carbonyl (C=O) groups is 1. The van der Waals surface area contributed by atoms with Crippen molar-refractivity contribution < 1.29 is 9.90 Å². The molecule has 12 heavy (non-hydrogen) atoms. The molecule has 0 aromatic carbocycles. The summed E-state index contributed by atoms with van der Waals surface area (Å²) in [6.45, 7) is 5.36. The molecular weight excluding hydrogens is 172 g/mol. The van der Waals surface area contributed by atoms with Crippen LogP contribution in [0.25, 0.3) is 0 Å². The Hall–Kier alpha value is -0.700. The highest BCUT2D eigenvalue weighted by molar-refractivity contribution is 8.16. The molecule has 1 aliphatic rings. The van der Waals surface area contributed by atoms with E-state index < -0.39 is 4.75 Å². The Kier molecular flexibility index (Phi) is 2.33. The first kappa shape index (κ1) is 9.39. The van der Waals surface area contributed by atoms with Crippen molar-refractivity contribution in [3.8, 4) is 0 Å². The van der Waals surface area contributed by atoms with Crippen molar-refractivity contribution in [3.63, 3.8) is 0 Å². The highest BCUT2D eigenvalue weighted by Crippen LogP contribution is 2.42. The smallest absolute Gasteiger partial charge is 0.219 e. The molecule has 0 saturated heterocycles. The fourth-order valence-corrected chi connectivity index (χ4v) is 2.31. The third-order valence-corrected chi connectivity index (χ3v) is 3.17. The quantitative estimate of drug-likeness (QED) is 0.636. The Morgan fingerprint density at radius 1 is 1.58 bits per heavy atom. The van der Waals surface area contributed by atoms with Crippen LogP contribution in [0.4, 0.5) is 0 Å². The van der Waals surface area contributed by atoms with Gasteiger partial charge in [0.05, 0.1) is 4.75 Å². The second-order valence-electron chi connectivity index (χ2n) is 2.97. The summed E-state index contributed by atoms with van der Waals surface area (Å²) in [5.41, 5.74) is 0.473. The van der Waals surface area contributed by atoms with Gasteiger partial charge in [-0.25, -0.2) is 0 Å². The van der Waals surface area contributed by atoms with Crippen molar-refractivity contribution >= 4 is 16.9 Å². The number of allylic oxidation sites excluding steroid dienone is 1. The van der Waals surface area contributed by atoms with E-state index in [1.165, 1.54) is 0 Å². The second kappa shape index (κ2) is 2.98.